The maximum absolute atomic E-state index is 13.0. The fourth-order valence-electron chi connectivity index (χ4n) is 3.40. The number of hydrogen-bond donors (Lipinski definition) is 2. The second-order valence-corrected chi connectivity index (χ2v) is 7.45. The van der Waals surface area contributed by atoms with Gasteiger partial charge in [0, 0.05) is 45.8 Å². The minimum absolute atomic E-state index is 0.247. The molecule has 3 N–H and O–H groups in total. The molecule has 4 rings (SSSR count). The van der Waals surface area contributed by atoms with Crippen LogP contribution in [-0.2, 0) is 12.7 Å². The van der Waals surface area contributed by atoms with E-state index in [2.05, 4.69) is 39.5 Å². The molecule has 0 saturated carbocycles. The van der Waals surface area contributed by atoms with Crippen molar-refractivity contribution in [2.75, 3.05) is 42.1 Å². The summed E-state index contributed by atoms with van der Waals surface area (Å²) in [4.78, 5) is 32.9. The van der Waals surface area contributed by atoms with E-state index in [0.717, 1.165) is 31.9 Å². The Morgan fingerprint density at radius 3 is 2.55 bits per heavy atom. The first-order valence-corrected chi connectivity index (χ1v) is 10.1. The van der Waals surface area contributed by atoms with Crippen LogP contribution in [0.15, 0.2) is 35.0 Å². The zero-order valence-corrected chi connectivity index (χ0v) is 17.6. The van der Waals surface area contributed by atoms with Crippen LogP contribution < -0.4 is 16.0 Å². The lowest BCUT2D eigenvalue weighted by molar-refractivity contribution is -0.153. The highest BCUT2D eigenvalue weighted by Crippen LogP contribution is 2.33. The zero-order valence-electron chi connectivity index (χ0n) is 17.6. The number of pyridine rings is 1. The monoisotopic (exact) mass is 462 g/mol. The van der Waals surface area contributed by atoms with Crippen molar-refractivity contribution in [2.24, 2.45) is 0 Å². The molecule has 3 aromatic rings. The maximum Gasteiger partial charge on any atom is 0.452 e. The van der Waals surface area contributed by atoms with Crippen molar-refractivity contribution in [2.45, 2.75) is 19.6 Å². The Labute approximate surface area is 186 Å². The predicted octanol–water partition coefficient (Wildman–Crippen LogP) is 2.34. The third kappa shape index (κ3) is 5.37. The molecule has 10 nitrogen and oxygen atoms in total. The Kier molecular flexibility index (Phi) is 6.14. The average molecular weight is 462 g/mol. The molecule has 0 atom stereocenters. The summed E-state index contributed by atoms with van der Waals surface area (Å²) in [5.41, 5.74) is 5.91. The second-order valence-electron chi connectivity index (χ2n) is 7.45. The molecular weight excluding hydrogens is 441 g/mol. The van der Waals surface area contributed by atoms with Crippen LogP contribution in [0.2, 0.25) is 0 Å². The van der Waals surface area contributed by atoms with Gasteiger partial charge < -0.3 is 20.4 Å². The summed E-state index contributed by atoms with van der Waals surface area (Å²) in [7, 11) is 0. The van der Waals surface area contributed by atoms with Gasteiger partial charge in [-0.05, 0) is 18.2 Å². The lowest BCUT2D eigenvalue weighted by Gasteiger charge is -2.34. The van der Waals surface area contributed by atoms with E-state index in [1.54, 1.807) is 24.4 Å². The molecule has 0 bridgehead atoms. The van der Waals surface area contributed by atoms with Crippen LogP contribution in [0.1, 0.15) is 27.8 Å². The molecule has 1 fully saturated rings. The van der Waals surface area contributed by atoms with E-state index in [1.165, 1.54) is 13.1 Å². The summed E-state index contributed by atoms with van der Waals surface area (Å²) >= 11 is 0. The zero-order chi connectivity index (χ0) is 23.6. The number of carbonyl (C=O) groups is 1. The number of alkyl halides is 3. The van der Waals surface area contributed by atoms with E-state index in [0.29, 0.717) is 18.3 Å². The van der Waals surface area contributed by atoms with Crippen LogP contribution >= 0.6 is 0 Å². The van der Waals surface area contributed by atoms with Crippen molar-refractivity contribution < 1.29 is 22.4 Å². The van der Waals surface area contributed by atoms with Gasteiger partial charge in [-0.1, -0.05) is 0 Å². The minimum atomic E-state index is -4.82. The van der Waals surface area contributed by atoms with Gasteiger partial charge in [-0.2, -0.15) is 18.2 Å². The molecule has 0 aliphatic carbocycles. The molecule has 1 aliphatic heterocycles. The number of oxazole rings is 1. The molecule has 1 saturated heterocycles. The molecule has 0 spiro atoms. The minimum Gasteiger partial charge on any atom is -0.436 e. The molecule has 174 valence electrons. The number of carbonyl (C=O) groups excluding carboxylic acids is 1. The number of amides is 1. The molecule has 3 aromatic heterocycles. The van der Waals surface area contributed by atoms with Gasteiger partial charge in [-0.3, -0.25) is 14.7 Å². The predicted molar refractivity (Wildman–Crippen MR) is 112 cm³/mol. The van der Waals surface area contributed by atoms with E-state index >= 15 is 0 Å². The number of hydrogen-bond acceptors (Lipinski definition) is 9. The largest absolute Gasteiger partial charge is 0.452 e. The van der Waals surface area contributed by atoms with Crippen molar-refractivity contribution in [3.8, 4) is 0 Å². The highest BCUT2D eigenvalue weighted by molar-refractivity contribution is 6.03. The SMILES string of the molecule is Cc1nc(C(=O)Nc2ccc(CN3CCN(c4nccc(N)n4)CC3)nc2)c(C(F)(F)F)o1. The highest BCUT2D eigenvalue weighted by atomic mass is 19.4. The molecule has 1 amide bonds. The maximum atomic E-state index is 13.0. The lowest BCUT2D eigenvalue weighted by Crippen LogP contribution is -2.46. The van der Waals surface area contributed by atoms with Crippen LogP contribution in [0.5, 0.6) is 0 Å². The Balaban J connectivity index is 1.33. The Morgan fingerprint density at radius 2 is 1.91 bits per heavy atom. The number of anilines is 3. The van der Waals surface area contributed by atoms with Crippen molar-refractivity contribution in [3.63, 3.8) is 0 Å². The Bertz CT molecular complexity index is 1130. The van der Waals surface area contributed by atoms with Crippen LogP contribution in [0.4, 0.5) is 30.6 Å². The molecule has 0 radical (unpaired) electrons. The summed E-state index contributed by atoms with van der Waals surface area (Å²) in [6, 6.07) is 4.93. The summed E-state index contributed by atoms with van der Waals surface area (Å²) < 4.78 is 43.6. The van der Waals surface area contributed by atoms with Gasteiger partial charge in [0.2, 0.25) is 11.7 Å². The Morgan fingerprint density at radius 1 is 1.15 bits per heavy atom. The average Bonchev–Trinajstić information content (AvgIpc) is 3.18. The molecule has 33 heavy (non-hydrogen) atoms. The second kappa shape index (κ2) is 9.02. The first kappa shape index (κ1) is 22.5. The van der Waals surface area contributed by atoms with Crippen LogP contribution in [-0.4, -0.2) is 56.9 Å². The normalized spacial score (nSPS) is 15.0. The van der Waals surface area contributed by atoms with E-state index in [9.17, 15) is 18.0 Å². The Hall–Kier alpha value is -3.74. The van der Waals surface area contributed by atoms with Crippen LogP contribution in [0, 0.1) is 6.92 Å². The van der Waals surface area contributed by atoms with Gasteiger partial charge in [-0.25, -0.2) is 9.97 Å². The fourth-order valence-corrected chi connectivity index (χ4v) is 3.40. The molecule has 0 aromatic carbocycles. The smallest absolute Gasteiger partial charge is 0.436 e. The number of nitrogens with two attached hydrogens (primary N) is 1. The number of nitrogen functional groups attached to an aromatic ring is 1. The molecule has 1 aliphatic rings. The molecule has 13 heteroatoms. The first-order valence-electron chi connectivity index (χ1n) is 10.1. The number of aryl methyl sites for hydroxylation is 1. The number of nitrogens with zero attached hydrogens (tertiary/aromatic N) is 6. The molecule has 0 unspecified atom stereocenters. The number of piperazine rings is 1. The summed E-state index contributed by atoms with van der Waals surface area (Å²) in [6.07, 6.45) is -1.80. The highest BCUT2D eigenvalue weighted by Gasteiger charge is 2.41. The van der Waals surface area contributed by atoms with Crippen molar-refractivity contribution >= 4 is 23.4 Å². The number of halogens is 3. The third-order valence-electron chi connectivity index (χ3n) is 4.99. The summed E-state index contributed by atoms with van der Waals surface area (Å²) in [5, 5.41) is 2.38. The van der Waals surface area contributed by atoms with E-state index in [1.807, 2.05) is 0 Å². The summed E-state index contributed by atoms with van der Waals surface area (Å²) in [5.74, 6) is -1.67. The van der Waals surface area contributed by atoms with E-state index < -0.39 is 23.5 Å². The van der Waals surface area contributed by atoms with Gasteiger partial charge in [0.1, 0.15) is 5.82 Å². The van der Waals surface area contributed by atoms with Crippen LogP contribution in [0.3, 0.4) is 0 Å². The number of nitrogens with one attached hydrogen (secondary N) is 1. The number of rotatable bonds is 5. The van der Waals surface area contributed by atoms with E-state index in [-0.39, 0.29) is 11.6 Å². The number of aromatic nitrogens is 4. The first-order chi connectivity index (χ1) is 15.7. The van der Waals surface area contributed by atoms with Gasteiger partial charge in [0.15, 0.2) is 11.6 Å². The topological polar surface area (TPSA) is 126 Å². The van der Waals surface area contributed by atoms with Crippen molar-refractivity contribution in [1.29, 1.82) is 0 Å². The van der Waals surface area contributed by atoms with Crippen molar-refractivity contribution in [1.82, 2.24) is 24.8 Å². The van der Waals surface area contributed by atoms with Crippen LogP contribution in [0.25, 0.3) is 0 Å². The van der Waals surface area contributed by atoms with Gasteiger partial charge in [0.25, 0.3) is 5.91 Å². The molecular formula is C20H21F3N8O2. The molecule has 4 heterocycles. The van der Waals surface area contributed by atoms with Gasteiger partial charge >= 0.3 is 6.18 Å². The fraction of sp³-hybridized carbons (Fsp3) is 0.350. The lowest BCUT2D eigenvalue weighted by atomic mass is 10.2. The standard InChI is InChI=1S/C20H21F3N8O2/c1-12-27-16(17(33-12)20(21,22)23)18(32)28-13-2-3-14(26-10-13)11-30-6-8-31(9-7-30)19-25-5-4-15(24)29-19/h2-5,10H,6-9,11H2,1H3,(H,28,32)(H2,24,25,29). The van der Waals surface area contributed by atoms with Crippen molar-refractivity contribution in [3.05, 3.63) is 53.6 Å². The third-order valence-corrected chi connectivity index (χ3v) is 4.99. The van der Waals surface area contributed by atoms with Gasteiger partial charge in [-0.15, -0.1) is 0 Å². The quantitative estimate of drug-likeness (QED) is 0.587. The summed E-state index contributed by atoms with van der Waals surface area (Å²) in [6.45, 7) is 4.83. The van der Waals surface area contributed by atoms with E-state index in [4.69, 9.17) is 5.73 Å². The van der Waals surface area contributed by atoms with Gasteiger partial charge in [0.05, 0.1) is 17.6 Å².